The number of nitrogens with one attached hydrogen (secondary N) is 2. The van der Waals surface area contributed by atoms with Gasteiger partial charge in [-0.15, -0.1) is 23.2 Å². The molecular formula is C29H22Cl4FN3O2S. The van der Waals surface area contributed by atoms with Crippen molar-refractivity contribution in [2.24, 2.45) is 5.92 Å². The summed E-state index contributed by atoms with van der Waals surface area (Å²) in [6.07, 6.45) is 6.24. The molecule has 0 bridgehead atoms. The van der Waals surface area contributed by atoms with E-state index in [-0.39, 0.29) is 27.5 Å². The van der Waals surface area contributed by atoms with Crippen LogP contribution in [0.5, 0.6) is 0 Å². The number of amides is 2. The highest BCUT2D eigenvalue weighted by Gasteiger charge is 2.67. The average molecular weight is 637 g/mol. The third kappa shape index (κ3) is 6.69. The first-order valence-electron chi connectivity index (χ1n) is 11.7. The quantitative estimate of drug-likeness (QED) is 0.222. The summed E-state index contributed by atoms with van der Waals surface area (Å²) in [5, 5.41) is 18.3. The van der Waals surface area contributed by atoms with Gasteiger partial charge in [0.1, 0.15) is 16.2 Å². The Balaban J connectivity index is 1.50. The fourth-order valence-corrected chi connectivity index (χ4v) is 5.69. The Bertz CT molecular complexity index is 1640. The summed E-state index contributed by atoms with van der Waals surface area (Å²) in [4.78, 5) is 26.1. The maximum absolute atomic E-state index is 13.4. The number of hydrogen-bond donors (Lipinski definition) is 2. The number of carbonyl (C=O) groups is 2. The molecule has 2 atom stereocenters. The van der Waals surface area contributed by atoms with Crippen molar-refractivity contribution in [3.05, 3.63) is 92.7 Å². The Kier molecular flexibility index (Phi) is 8.66. The molecule has 0 heterocycles. The fraction of sp³-hybridized carbons (Fsp3) is 0.207. The fourth-order valence-electron chi connectivity index (χ4n) is 4.01. The maximum atomic E-state index is 13.4. The van der Waals surface area contributed by atoms with Crippen LogP contribution in [-0.4, -0.2) is 34.9 Å². The van der Waals surface area contributed by atoms with Gasteiger partial charge >= 0.3 is 0 Å². The molecule has 1 aliphatic rings. The summed E-state index contributed by atoms with van der Waals surface area (Å²) in [7, 11) is -1.03. The Labute approximate surface area is 253 Å². The van der Waals surface area contributed by atoms with Gasteiger partial charge in [-0.25, -0.2) is 4.39 Å². The Morgan fingerprint density at radius 2 is 1.68 bits per heavy atom. The predicted octanol–water partition coefficient (Wildman–Crippen LogP) is 7.79. The van der Waals surface area contributed by atoms with Gasteiger partial charge in [0.05, 0.1) is 32.8 Å². The van der Waals surface area contributed by atoms with Crippen LogP contribution in [0.25, 0.3) is 0 Å². The lowest BCUT2D eigenvalue weighted by atomic mass is 10.1. The SMILES string of the molecule is CS(C)(C)C#Cc1ccc(C2C(C(=O)Nc3ccc(Cl)c(C(=O)Nc4ccc(F)cc4C#N)c3)C2(Cl)Cl)cc1Cl. The van der Waals surface area contributed by atoms with Crippen LogP contribution < -0.4 is 10.6 Å². The zero-order chi connectivity index (χ0) is 29.4. The van der Waals surface area contributed by atoms with E-state index in [1.54, 1.807) is 18.2 Å². The van der Waals surface area contributed by atoms with E-state index in [1.165, 1.54) is 24.3 Å². The average Bonchev–Trinajstić information content (AvgIpc) is 3.46. The molecule has 1 aliphatic carbocycles. The molecule has 1 saturated carbocycles. The number of nitriles is 1. The number of anilines is 2. The minimum Gasteiger partial charge on any atom is -0.326 e. The molecule has 2 N–H and O–H groups in total. The summed E-state index contributed by atoms with van der Waals surface area (Å²) in [5.41, 5.74) is 1.76. The second-order valence-electron chi connectivity index (χ2n) is 9.87. The third-order valence-corrected chi connectivity index (χ3v) is 8.31. The van der Waals surface area contributed by atoms with Crippen molar-refractivity contribution < 1.29 is 14.0 Å². The van der Waals surface area contributed by atoms with Crippen LogP contribution in [0.2, 0.25) is 10.0 Å². The summed E-state index contributed by atoms with van der Waals surface area (Å²) in [5.74, 6) is 0.0917. The van der Waals surface area contributed by atoms with Gasteiger partial charge in [0, 0.05) is 17.2 Å². The normalized spacial score (nSPS) is 17.6. The molecule has 1 fully saturated rings. The van der Waals surface area contributed by atoms with E-state index in [9.17, 15) is 19.2 Å². The van der Waals surface area contributed by atoms with E-state index in [4.69, 9.17) is 46.4 Å². The summed E-state index contributed by atoms with van der Waals surface area (Å²) in [6.45, 7) is 0. The van der Waals surface area contributed by atoms with Crippen molar-refractivity contribution >= 4 is 79.6 Å². The summed E-state index contributed by atoms with van der Waals surface area (Å²) >= 11 is 25.7. The lowest BCUT2D eigenvalue weighted by Gasteiger charge is -2.15. The summed E-state index contributed by atoms with van der Waals surface area (Å²) in [6, 6.07) is 14.9. The van der Waals surface area contributed by atoms with Gasteiger partial charge < -0.3 is 10.6 Å². The Morgan fingerprint density at radius 1 is 0.950 bits per heavy atom. The first kappa shape index (κ1) is 30.1. The summed E-state index contributed by atoms with van der Waals surface area (Å²) < 4.78 is 12.1. The number of rotatable bonds is 5. The van der Waals surface area contributed by atoms with E-state index >= 15 is 0 Å². The molecule has 206 valence electrons. The number of nitrogens with zero attached hydrogens (tertiary/aromatic N) is 1. The number of carbonyl (C=O) groups excluding carboxylic acids is 2. The molecule has 0 aromatic heterocycles. The minimum absolute atomic E-state index is 0.0311. The van der Waals surface area contributed by atoms with Crippen molar-refractivity contribution in [3.8, 4) is 17.2 Å². The lowest BCUT2D eigenvalue weighted by molar-refractivity contribution is -0.117. The van der Waals surface area contributed by atoms with Crippen molar-refractivity contribution in [3.63, 3.8) is 0 Å². The molecule has 5 nitrogen and oxygen atoms in total. The minimum atomic E-state index is -1.36. The topological polar surface area (TPSA) is 82.0 Å². The second kappa shape index (κ2) is 11.5. The van der Waals surface area contributed by atoms with Crippen LogP contribution in [0, 0.1) is 34.2 Å². The van der Waals surface area contributed by atoms with Gasteiger partial charge in [-0.2, -0.15) is 15.3 Å². The molecule has 11 heteroatoms. The highest BCUT2D eigenvalue weighted by molar-refractivity contribution is 8.36. The van der Waals surface area contributed by atoms with Crippen molar-refractivity contribution in [1.29, 1.82) is 5.26 Å². The number of alkyl halides is 2. The zero-order valence-corrected chi connectivity index (χ0v) is 25.3. The molecule has 40 heavy (non-hydrogen) atoms. The second-order valence-corrected chi connectivity index (χ2v) is 16.0. The van der Waals surface area contributed by atoms with E-state index in [2.05, 4.69) is 40.6 Å². The van der Waals surface area contributed by atoms with Crippen LogP contribution >= 0.6 is 56.4 Å². The molecule has 0 aliphatic heterocycles. The molecule has 2 amide bonds. The van der Waals surface area contributed by atoms with Crippen molar-refractivity contribution in [2.75, 3.05) is 29.4 Å². The largest absolute Gasteiger partial charge is 0.326 e. The molecule has 3 aromatic rings. The first-order valence-corrected chi connectivity index (χ1v) is 16.1. The molecular weight excluding hydrogens is 615 g/mol. The zero-order valence-electron chi connectivity index (χ0n) is 21.4. The van der Waals surface area contributed by atoms with Crippen molar-refractivity contribution in [2.45, 2.75) is 10.3 Å². The van der Waals surface area contributed by atoms with Gasteiger partial charge in [0.25, 0.3) is 5.91 Å². The van der Waals surface area contributed by atoms with Gasteiger partial charge in [-0.3, -0.25) is 9.59 Å². The maximum Gasteiger partial charge on any atom is 0.257 e. The van der Waals surface area contributed by atoms with Gasteiger partial charge in [-0.05, 0) is 78.1 Å². The van der Waals surface area contributed by atoms with Gasteiger partial charge in [0.15, 0.2) is 0 Å². The third-order valence-electron chi connectivity index (χ3n) is 6.01. The predicted molar refractivity (Wildman–Crippen MR) is 164 cm³/mol. The van der Waals surface area contributed by atoms with Crippen LogP contribution in [0.15, 0.2) is 54.6 Å². The van der Waals surface area contributed by atoms with Gasteiger partial charge in [-0.1, -0.05) is 35.2 Å². The van der Waals surface area contributed by atoms with Gasteiger partial charge in [0.2, 0.25) is 5.91 Å². The van der Waals surface area contributed by atoms with Crippen LogP contribution in [0.4, 0.5) is 15.8 Å². The standard InChI is InChI=1S/C29H22Cl4FN3O2S/c1-40(2,3)11-10-16-4-5-17(13-23(16)31)25-26(29(25,32)33)28(39)36-20-7-8-22(30)21(14-20)27(38)37-24-9-6-19(34)12-18(24)15-35/h4-9,12-14,25-26H,1-3H3,(H,36,39)(H,37,38). The van der Waals surface area contributed by atoms with Crippen LogP contribution in [0.3, 0.4) is 0 Å². The molecule has 0 radical (unpaired) electrons. The number of benzene rings is 3. The molecule has 0 saturated heterocycles. The highest BCUT2D eigenvalue weighted by Crippen LogP contribution is 2.65. The van der Waals surface area contributed by atoms with E-state index in [1.807, 2.05) is 6.07 Å². The van der Waals surface area contributed by atoms with Crippen LogP contribution in [-0.2, 0) is 4.79 Å². The van der Waals surface area contributed by atoms with Crippen molar-refractivity contribution in [1.82, 2.24) is 0 Å². The molecule has 3 aromatic carbocycles. The van der Waals surface area contributed by atoms with E-state index in [0.29, 0.717) is 16.1 Å². The molecule has 4 rings (SSSR count). The number of halogens is 5. The Morgan fingerprint density at radius 3 is 2.33 bits per heavy atom. The lowest BCUT2D eigenvalue weighted by Crippen LogP contribution is -2.18. The van der Waals surface area contributed by atoms with Crippen LogP contribution in [0.1, 0.15) is 33.0 Å². The first-order chi connectivity index (χ1) is 18.7. The smallest absolute Gasteiger partial charge is 0.257 e. The van der Waals surface area contributed by atoms with E-state index < -0.39 is 43.8 Å². The molecule has 0 spiro atoms. The van der Waals surface area contributed by atoms with E-state index in [0.717, 1.165) is 12.1 Å². The Hall–Kier alpha value is -2.91. The number of hydrogen-bond acceptors (Lipinski definition) is 3. The molecule has 2 unspecified atom stereocenters. The highest BCUT2D eigenvalue weighted by atomic mass is 35.5. The monoisotopic (exact) mass is 635 g/mol.